The second-order valence-corrected chi connectivity index (χ2v) is 10.6. The summed E-state index contributed by atoms with van der Waals surface area (Å²) >= 11 is 0. The van der Waals surface area contributed by atoms with Gasteiger partial charge in [-0.25, -0.2) is 0 Å². The van der Waals surface area contributed by atoms with Gasteiger partial charge in [-0.3, -0.25) is 29.0 Å². The molecule has 0 atom stereocenters. The average molecular weight is 406 g/mol. The highest BCUT2D eigenvalue weighted by atomic mass is 16.2. The molecule has 0 aliphatic carbocycles. The third-order valence-electron chi connectivity index (χ3n) is 5.33. The highest BCUT2D eigenvalue weighted by Crippen LogP contribution is 2.39. The Hall–Kier alpha value is -3.02. The van der Waals surface area contributed by atoms with E-state index in [1.165, 1.54) is 9.80 Å². The zero-order valence-electron chi connectivity index (χ0n) is 18.3. The molecule has 2 aliphatic heterocycles. The molecule has 4 rings (SSSR count). The van der Waals surface area contributed by atoms with E-state index in [0.717, 1.165) is 0 Å². The number of rotatable bonds is 2. The number of amides is 4. The zero-order chi connectivity index (χ0) is 22.2. The summed E-state index contributed by atoms with van der Waals surface area (Å²) in [5.74, 6) is -1.54. The number of carbonyl (C=O) groups excluding carboxylic acids is 4. The number of hydrogen-bond acceptors (Lipinski definition) is 4. The predicted octanol–water partition coefficient (Wildman–Crippen LogP) is 4.12. The predicted molar refractivity (Wildman–Crippen MR) is 114 cm³/mol. The molecule has 2 aliphatic rings. The first kappa shape index (κ1) is 20.3. The van der Waals surface area contributed by atoms with Gasteiger partial charge in [-0.15, -0.1) is 0 Å². The summed E-state index contributed by atoms with van der Waals surface area (Å²) in [4.78, 5) is 55.2. The van der Waals surface area contributed by atoms with Gasteiger partial charge in [0.15, 0.2) is 0 Å². The van der Waals surface area contributed by atoms with Gasteiger partial charge in [0.05, 0.1) is 0 Å². The summed E-state index contributed by atoms with van der Waals surface area (Å²) in [6, 6.07) is 6.44. The van der Waals surface area contributed by atoms with Gasteiger partial charge in [0.2, 0.25) is 0 Å². The Morgan fingerprint density at radius 1 is 0.533 bits per heavy atom. The maximum absolute atomic E-state index is 13.2. The van der Waals surface area contributed by atoms with E-state index in [1.54, 1.807) is 24.3 Å². The Labute approximate surface area is 175 Å². The van der Waals surface area contributed by atoms with Crippen LogP contribution in [0.1, 0.15) is 83.0 Å². The molecule has 0 aromatic heterocycles. The van der Waals surface area contributed by atoms with Crippen LogP contribution in [0.5, 0.6) is 0 Å². The zero-order valence-corrected chi connectivity index (χ0v) is 18.3. The van der Waals surface area contributed by atoms with Gasteiger partial charge < -0.3 is 0 Å². The minimum Gasteiger partial charge on any atom is -0.274 e. The summed E-state index contributed by atoms with van der Waals surface area (Å²) in [5.41, 5.74) is 0.927. The number of benzene rings is 2. The smallest absolute Gasteiger partial charge is 0.261 e. The Kier molecular flexibility index (Phi) is 4.21. The van der Waals surface area contributed by atoms with Gasteiger partial charge in [-0.2, -0.15) is 0 Å². The highest BCUT2D eigenvalue weighted by Gasteiger charge is 2.41. The quantitative estimate of drug-likeness (QED) is 0.703. The Morgan fingerprint density at radius 3 is 0.967 bits per heavy atom. The van der Waals surface area contributed by atoms with Crippen molar-refractivity contribution in [3.8, 4) is 0 Å². The summed E-state index contributed by atoms with van der Waals surface area (Å²) in [6.07, 6.45) is 0. The van der Waals surface area contributed by atoms with Crippen LogP contribution in [-0.4, -0.2) is 46.5 Å². The third kappa shape index (κ3) is 3.02. The van der Waals surface area contributed by atoms with E-state index < -0.39 is 0 Å². The van der Waals surface area contributed by atoms with Gasteiger partial charge in [-0.05, 0) is 35.1 Å². The lowest BCUT2D eigenvalue weighted by molar-refractivity contribution is 0.0536. The van der Waals surface area contributed by atoms with Crippen molar-refractivity contribution in [2.45, 2.75) is 41.5 Å². The molecule has 0 fully saturated rings. The first-order valence-electron chi connectivity index (χ1n) is 10.1. The van der Waals surface area contributed by atoms with E-state index >= 15 is 0 Å². The molecule has 2 heterocycles. The van der Waals surface area contributed by atoms with E-state index in [2.05, 4.69) is 0 Å². The van der Waals surface area contributed by atoms with Crippen LogP contribution in [0.2, 0.25) is 0 Å². The molecule has 156 valence electrons. The third-order valence-corrected chi connectivity index (χ3v) is 5.33. The maximum atomic E-state index is 13.2. The summed E-state index contributed by atoms with van der Waals surface area (Å²) in [7, 11) is 0. The first-order chi connectivity index (χ1) is 13.8. The van der Waals surface area contributed by atoms with Crippen molar-refractivity contribution in [2.75, 3.05) is 13.1 Å². The SMILES string of the molecule is CC(C)(C)CN1C(=O)c2ccc3c4c(ccc(c24)C1=O)C(=O)N(CC(C)(C)C)C3=O. The van der Waals surface area contributed by atoms with Crippen LogP contribution in [0.4, 0.5) is 0 Å². The Bertz CT molecular complexity index is 987. The van der Waals surface area contributed by atoms with Crippen molar-refractivity contribution < 1.29 is 19.2 Å². The fraction of sp³-hybridized carbons (Fsp3) is 0.417. The lowest BCUT2D eigenvalue weighted by Gasteiger charge is -2.35. The highest BCUT2D eigenvalue weighted by molar-refractivity contribution is 6.33. The first-order valence-corrected chi connectivity index (χ1v) is 10.1. The van der Waals surface area contributed by atoms with E-state index in [9.17, 15) is 19.2 Å². The molecule has 0 bridgehead atoms. The van der Waals surface area contributed by atoms with Gasteiger partial charge in [0.25, 0.3) is 23.6 Å². The second kappa shape index (κ2) is 6.24. The van der Waals surface area contributed by atoms with Crippen molar-refractivity contribution in [3.05, 3.63) is 46.5 Å². The molecule has 0 spiro atoms. The second-order valence-electron chi connectivity index (χ2n) is 10.6. The largest absolute Gasteiger partial charge is 0.274 e. The standard InChI is InChI=1S/C24H26N2O4/c1-23(2,3)11-25-19(27)13-7-9-15-18-16(10-8-14(17(13)18)20(25)28)22(30)26(21(15)29)12-24(4,5)6/h7-10H,11-12H2,1-6H3. The average Bonchev–Trinajstić information content (AvgIpc) is 2.63. The summed E-state index contributed by atoms with van der Waals surface area (Å²) in [6.45, 7) is 12.3. The molecule has 4 amide bonds. The van der Waals surface area contributed by atoms with E-state index in [1.807, 2.05) is 41.5 Å². The molecular formula is C24H26N2O4. The van der Waals surface area contributed by atoms with E-state index in [4.69, 9.17) is 0 Å². The Balaban J connectivity index is 1.93. The van der Waals surface area contributed by atoms with E-state index in [-0.39, 0.29) is 47.5 Å². The number of hydrogen-bond donors (Lipinski definition) is 0. The molecule has 2 aromatic carbocycles. The molecule has 30 heavy (non-hydrogen) atoms. The fourth-order valence-corrected chi connectivity index (χ4v) is 4.21. The maximum Gasteiger partial charge on any atom is 0.261 e. The molecule has 6 heteroatoms. The van der Waals surface area contributed by atoms with Gasteiger partial charge in [-0.1, -0.05) is 41.5 Å². The molecule has 0 radical (unpaired) electrons. The van der Waals surface area contributed by atoms with Crippen molar-refractivity contribution in [1.29, 1.82) is 0 Å². The number of nitrogens with zero attached hydrogens (tertiary/aromatic N) is 2. The molecule has 6 nitrogen and oxygen atoms in total. The van der Waals surface area contributed by atoms with Crippen molar-refractivity contribution in [3.63, 3.8) is 0 Å². The van der Waals surface area contributed by atoms with Crippen LogP contribution in [0.3, 0.4) is 0 Å². The van der Waals surface area contributed by atoms with E-state index in [0.29, 0.717) is 33.0 Å². The summed E-state index contributed by atoms with van der Waals surface area (Å²) in [5, 5.41) is 0.838. The van der Waals surface area contributed by atoms with Crippen molar-refractivity contribution in [1.82, 2.24) is 9.80 Å². The molecule has 2 aromatic rings. The molecule has 0 saturated heterocycles. The minimum absolute atomic E-state index is 0.257. The molecule has 0 unspecified atom stereocenters. The number of carbonyl (C=O) groups is 4. The molecular weight excluding hydrogens is 380 g/mol. The minimum atomic E-state index is -0.386. The fourth-order valence-electron chi connectivity index (χ4n) is 4.21. The number of imide groups is 2. The van der Waals surface area contributed by atoms with Gasteiger partial charge in [0, 0.05) is 46.1 Å². The lowest BCUT2D eigenvalue weighted by Crippen LogP contribution is -2.47. The van der Waals surface area contributed by atoms with Gasteiger partial charge in [0.1, 0.15) is 0 Å². The van der Waals surface area contributed by atoms with Gasteiger partial charge >= 0.3 is 0 Å². The Morgan fingerprint density at radius 2 is 0.767 bits per heavy atom. The van der Waals surface area contributed by atoms with Crippen LogP contribution in [0, 0.1) is 10.8 Å². The summed E-state index contributed by atoms with van der Waals surface area (Å²) < 4.78 is 0. The topological polar surface area (TPSA) is 74.8 Å². The van der Waals surface area contributed by atoms with Crippen LogP contribution >= 0.6 is 0 Å². The normalized spacial score (nSPS) is 16.7. The van der Waals surface area contributed by atoms with Crippen LogP contribution < -0.4 is 0 Å². The lowest BCUT2D eigenvalue weighted by atomic mass is 9.84. The van der Waals surface area contributed by atoms with Crippen molar-refractivity contribution >= 4 is 34.4 Å². The van der Waals surface area contributed by atoms with Crippen molar-refractivity contribution in [2.24, 2.45) is 10.8 Å². The van der Waals surface area contributed by atoms with Crippen LogP contribution in [0.15, 0.2) is 24.3 Å². The molecule has 0 saturated carbocycles. The van der Waals surface area contributed by atoms with Crippen LogP contribution in [-0.2, 0) is 0 Å². The van der Waals surface area contributed by atoms with Crippen LogP contribution in [0.25, 0.3) is 10.8 Å². The molecule has 0 N–H and O–H groups in total. The monoisotopic (exact) mass is 406 g/mol.